The predicted octanol–water partition coefficient (Wildman–Crippen LogP) is 3.00. The molecule has 1 aliphatic rings. The molecular formula is C23H21N2O3-. The molecule has 28 heavy (non-hydrogen) atoms. The summed E-state index contributed by atoms with van der Waals surface area (Å²) in [5, 5.41) is 11.6. The van der Waals surface area contributed by atoms with Crippen molar-refractivity contribution in [3.05, 3.63) is 75.3 Å². The van der Waals surface area contributed by atoms with Gasteiger partial charge in [0.1, 0.15) is 5.82 Å². The number of aromatic nitrogens is 2. The fourth-order valence-corrected chi connectivity index (χ4v) is 3.56. The molecule has 0 unspecified atom stereocenters. The molecule has 0 spiro atoms. The van der Waals surface area contributed by atoms with Crippen LogP contribution in [0.15, 0.2) is 47.3 Å². The Morgan fingerprint density at radius 3 is 2.50 bits per heavy atom. The minimum atomic E-state index is -1.28. The first-order valence-electron chi connectivity index (χ1n) is 9.31. The molecule has 1 aliphatic heterocycles. The molecule has 4 rings (SSSR count). The lowest BCUT2D eigenvalue weighted by Crippen LogP contribution is -2.23. The quantitative estimate of drug-likeness (QED) is 0.692. The van der Waals surface area contributed by atoms with Crippen LogP contribution in [-0.2, 0) is 12.0 Å². The van der Waals surface area contributed by atoms with Crippen molar-refractivity contribution in [2.45, 2.75) is 39.2 Å². The van der Waals surface area contributed by atoms with E-state index in [0.717, 1.165) is 11.1 Å². The van der Waals surface area contributed by atoms with E-state index in [4.69, 9.17) is 0 Å². The van der Waals surface area contributed by atoms with E-state index in [9.17, 15) is 14.7 Å². The molecule has 0 bridgehead atoms. The third-order valence-corrected chi connectivity index (χ3v) is 5.20. The standard InChI is InChI=1S/C23H22N2O3/c1-23(2,3)17-7-4-14(5-8-17)12-15-10-11-25-20(15)24-19-13-16(22(27)28)6-9-18(19)21(25)26/h4-9,12-13H,10-11H2,1-3H3,(H,27,28)/p-1/b15-12+. The second kappa shape index (κ2) is 6.44. The maximum Gasteiger partial charge on any atom is 0.261 e. The maximum atomic E-state index is 12.8. The van der Waals surface area contributed by atoms with E-state index in [0.29, 0.717) is 29.7 Å². The van der Waals surface area contributed by atoms with Gasteiger partial charge in [-0.25, -0.2) is 4.98 Å². The topological polar surface area (TPSA) is 75.0 Å². The van der Waals surface area contributed by atoms with Crippen molar-refractivity contribution in [3.8, 4) is 0 Å². The highest BCUT2D eigenvalue weighted by Crippen LogP contribution is 2.29. The van der Waals surface area contributed by atoms with Crippen molar-refractivity contribution >= 4 is 28.5 Å². The first-order chi connectivity index (χ1) is 13.2. The van der Waals surface area contributed by atoms with Gasteiger partial charge in [-0.15, -0.1) is 0 Å². The zero-order valence-corrected chi connectivity index (χ0v) is 16.2. The summed E-state index contributed by atoms with van der Waals surface area (Å²) in [4.78, 5) is 28.5. The monoisotopic (exact) mass is 373 g/mol. The molecule has 0 aliphatic carbocycles. The fourth-order valence-electron chi connectivity index (χ4n) is 3.56. The fraction of sp³-hybridized carbons (Fsp3) is 0.261. The number of benzene rings is 2. The molecule has 142 valence electrons. The number of allylic oxidation sites excluding steroid dienone is 1. The number of carboxylic acid groups (broad SMARTS) is 1. The Kier molecular flexibility index (Phi) is 4.18. The second-order valence-corrected chi connectivity index (χ2v) is 8.20. The third-order valence-electron chi connectivity index (χ3n) is 5.20. The highest BCUT2D eigenvalue weighted by atomic mass is 16.4. The smallest absolute Gasteiger partial charge is 0.261 e. The second-order valence-electron chi connectivity index (χ2n) is 8.20. The summed E-state index contributed by atoms with van der Waals surface area (Å²) in [5.41, 5.74) is 3.64. The van der Waals surface area contributed by atoms with Crippen LogP contribution in [0.2, 0.25) is 0 Å². The molecule has 0 radical (unpaired) electrons. The van der Waals surface area contributed by atoms with Crippen LogP contribution in [0.1, 0.15) is 54.5 Å². The minimum absolute atomic E-state index is 0.0191. The highest BCUT2D eigenvalue weighted by molar-refractivity contribution is 5.92. The van der Waals surface area contributed by atoms with Gasteiger partial charge in [0.05, 0.1) is 16.9 Å². The number of rotatable bonds is 2. The Hall–Kier alpha value is -3.21. The van der Waals surface area contributed by atoms with Crippen LogP contribution in [0.25, 0.3) is 22.6 Å². The van der Waals surface area contributed by atoms with Gasteiger partial charge in [-0.1, -0.05) is 51.1 Å². The SMILES string of the molecule is CC(C)(C)c1ccc(/C=C2\CCn3c2nc2cc(C(=O)[O-])ccc2c3=O)cc1. The molecular weight excluding hydrogens is 352 g/mol. The molecule has 0 N–H and O–H groups in total. The highest BCUT2D eigenvalue weighted by Gasteiger charge is 2.21. The molecule has 0 atom stereocenters. The van der Waals surface area contributed by atoms with Crippen molar-refractivity contribution < 1.29 is 9.90 Å². The number of fused-ring (bicyclic) bond motifs is 2. The van der Waals surface area contributed by atoms with Crippen molar-refractivity contribution in [3.63, 3.8) is 0 Å². The molecule has 5 nitrogen and oxygen atoms in total. The van der Waals surface area contributed by atoms with E-state index in [2.05, 4.69) is 50.0 Å². The van der Waals surface area contributed by atoms with Crippen molar-refractivity contribution in [1.29, 1.82) is 0 Å². The lowest BCUT2D eigenvalue weighted by atomic mass is 9.86. The largest absolute Gasteiger partial charge is 0.545 e. The molecule has 5 heteroatoms. The van der Waals surface area contributed by atoms with Crippen LogP contribution in [0.5, 0.6) is 0 Å². The normalized spacial score (nSPS) is 15.2. The van der Waals surface area contributed by atoms with Crippen LogP contribution in [0.4, 0.5) is 0 Å². The molecule has 2 aromatic carbocycles. The van der Waals surface area contributed by atoms with E-state index in [1.54, 1.807) is 4.57 Å². The van der Waals surface area contributed by atoms with Crippen molar-refractivity contribution in [2.24, 2.45) is 0 Å². The Bertz CT molecular complexity index is 1180. The van der Waals surface area contributed by atoms with Crippen LogP contribution in [0, 0.1) is 0 Å². The Labute approximate surface area is 163 Å². The molecule has 3 aromatic rings. The minimum Gasteiger partial charge on any atom is -0.545 e. The van der Waals surface area contributed by atoms with E-state index in [1.807, 2.05) is 6.08 Å². The lowest BCUT2D eigenvalue weighted by Gasteiger charge is -2.18. The molecule has 1 aromatic heterocycles. The summed E-state index contributed by atoms with van der Waals surface area (Å²) in [6, 6.07) is 12.7. The van der Waals surface area contributed by atoms with Gasteiger partial charge in [-0.2, -0.15) is 0 Å². The van der Waals surface area contributed by atoms with Gasteiger partial charge in [0, 0.05) is 6.54 Å². The number of carbonyl (C=O) groups excluding carboxylic acids is 1. The molecule has 0 fully saturated rings. The summed E-state index contributed by atoms with van der Waals surface area (Å²) in [7, 11) is 0. The van der Waals surface area contributed by atoms with E-state index >= 15 is 0 Å². The summed E-state index contributed by atoms with van der Waals surface area (Å²) in [5.74, 6) is -0.674. The third kappa shape index (κ3) is 3.13. The average molecular weight is 373 g/mol. The predicted molar refractivity (Wildman–Crippen MR) is 108 cm³/mol. The van der Waals surface area contributed by atoms with Gasteiger partial charge in [0.25, 0.3) is 5.56 Å². The molecule has 0 saturated carbocycles. The number of carbonyl (C=O) groups is 1. The van der Waals surface area contributed by atoms with Gasteiger partial charge in [0.15, 0.2) is 0 Å². The maximum absolute atomic E-state index is 12.8. The number of aromatic carboxylic acids is 1. The zero-order valence-electron chi connectivity index (χ0n) is 16.2. The summed E-state index contributed by atoms with van der Waals surface area (Å²) < 4.78 is 1.66. The number of nitrogens with zero attached hydrogens (tertiary/aromatic N) is 2. The van der Waals surface area contributed by atoms with Crippen LogP contribution in [0.3, 0.4) is 0 Å². The van der Waals surface area contributed by atoms with E-state index in [-0.39, 0.29) is 16.5 Å². The number of hydrogen-bond donors (Lipinski definition) is 0. The zero-order chi connectivity index (χ0) is 20.1. The Morgan fingerprint density at radius 2 is 1.86 bits per heavy atom. The molecule has 0 amide bonds. The summed E-state index contributed by atoms with van der Waals surface area (Å²) >= 11 is 0. The van der Waals surface area contributed by atoms with Gasteiger partial charge in [-0.05, 0) is 52.3 Å². The van der Waals surface area contributed by atoms with E-state index in [1.165, 1.54) is 23.8 Å². The van der Waals surface area contributed by atoms with Gasteiger partial charge >= 0.3 is 0 Å². The lowest BCUT2D eigenvalue weighted by molar-refractivity contribution is -0.255. The molecule has 0 saturated heterocycles. The van der Waals surface area contributed by atoms with Crippen molar-refractivity contribution in [1.82, 2.24) is 9.55 Å². The molecule has 2 heterocycles. The van der Waals surface area contributed by atoms with Crippen molar-refractivity contribution in [2.75, 3.05) is 0 Å². The Balaban J connectivity index is 1.79. The van der Waals surface area contributed by atoms with Crippen LogP contribution in [-0.4, -0.2) is 15.5 Å². The summed E-state index contributed by atoms with van der Waals surface area (Å²) in [6.45, 7) is 7.10. The van der Waals surface area contributed by atoms with Gasteiger partial charge in [0.2, 0.25) is 0 Å². The van der Waals surface area contributed by atoms with Crippen LogP contribution < -0.4 is 10.7 Å². The van der Waals surface area contributed by atoms with E-state index < -0.39 is 5.97 Å². The first kappa shape index (κ1) is 18.2. The van der Waals surface area contributed by atoms with Crippen LogP contribution >= 0.6 is 0 Å². The first-order valence-corrected chi connectivity index (χ1v) is 9.31. The Morgan fingerprint density at radius 1 is 1.14 bits per heavy atom. The average Bonchev–Trinajstić information content (AvgIpc) is 3.04. The number of carboxylic acids is 1. The van der Waals surface area contributed by atoms with Gasteiger partial charge < -0.3 is 9.90 Å². The summed E-state index contributed by atoms with van der Waals surface area (Å²) in [6.07, 6.45) is 2.76. The number of hydrogen-bond acceptors (Lipinski definition) is 4. The van der Waals surface area contributed by atoms with Gasteiger partial charge in [-0.3, -0.25) is 9.36 Å².